The van der Waals surface area contributed by atoms with Gasteiger partial charge in [-0.1, -0.05) is 27.5 Å². The van der Waals surface area contributed by atoms with Crippen LogP contribution in [0.25, 0.3) is 4.85 Å². The molecule has 0 aliphatic rings. The van der Waals surface area contributed by atoms with E-state index in [0.717, 1.165) is 11.5 Å². The Kier molecular flexibility index (Phi) is 3.91. The van der Waals surface area contributed by atoms with Gasteiger partial charge in [-0.3, -0.25) is 9.17 Å². The van der Waals surface area contributed by atoms with Crippen molar-refractivity contribution in [1.29, 1.82) is 5.26 Å². The zero-order chi connectivity index (χ0) is 14.0. The van der Waals surface area contributed by atoms with Gasteiger partial charge in [-0.2, -0.15) is 5.26 Å². The summed E-state index contributed by atoms with van der Waals surface area (Å²) >= 11 is 10.2. The molecule has 0 amide bonds. The van der Waals surface area contributed by atoms with Crippen molar-refractivity contribution in [3.63, 3.8) is 0 Å². The fourth-order valence-electron chi connectivity index (χ4n) is 1.37. The van der Waals surface area contributed by atoms with Crippen LogP contribution in [0.3, 0.4) is 0 Å². The number of H-pyrrole nitrogens is 1. The van der Waals surface area contributed by atoms with E-state index in [2.05, 4.69) is 30.5 Å². The summed E-state index contributed by atoms with van der Waals surface area (Å²) in [6.07, 6.45) is 0. The fourth-order valence-corrected chi connectivity index (χ4v) is 3.00. The highest BCUT2D eigenvalue weighted by Crippen LogP contribution is 2.37. The van der Waals surface area contributed by atoms with Gasteiger partial charge >= 0.3 is 0 Å². The number of aromatic amines is 1. The zero-order valence-corrected chi connectivity index (χ0v) is 12.3. The first-order chi connectivity index (χ1) is 9.06. The minimum absolute atomic E-state index is 0.0199. The lowest BCUT2D eigenvalue weighted by molar-refractivity contribution is 1.38. The number of nitrogens with zero attached hydrogens (tertiary/aromatic N) is 2. The normalized spacial score (nSPS) is 9.68. The van der Waals surface area contributed by atoms with Gasteiger partial charge in [-0.25, -0.2) is 4.85 Å². The average molecular weight is 356 g/mol. The number of anilines is 2. The molecule has 2 aromatic rings. The van der Waals surface area contributed by atoms with E-state index >= 15 is 0 Å². The van der Waals surface area contributed by atoms with Crippen LogP contribution in [0.1, 0.15) is 5.56 Å². The molecule has 0 bridgehead atoms. The van der Waals surface area contributed by atoms with Crippen LogP contribution in [-0.4, -0.2) is 4.37 Å². The summed E-state index contributed by atoms with van der Waals surface area (Å²) in [7, 11) is 0. The molecular weight excluding hydrogens is 352 g/mol. The first-order valence-electron chi connectivity index (χ1n) is 4.82. The smallest absolute Gasteiger partial charge is 0.278 e. The van der Waals surface area contributed by atoms with Crippen molar-refractivity contribution in [3.05, 3.63) is 49.0 Å². The van der Waals surface area contributed by atoms with Crippen molar-refractivity contribution >= 4 is 55.4 Å². The van der Waals surface area contributed by atoms with Crippen molar-refractivity contribution in [2.45, 2.75) is 0 Å². The average Bonchev–Trinajstić information content (AvgIpc) is 2.69. The third-order valence-electron chi connectivity index (χ3n) is 2.20. The van der Waals surface area contributed by atoms with Crippen molar-refractivity contribution in [2.24, 2.45) is 0 Å². The van der Waals surface area contributed by atoms with E-state index in [1.54, 1.807) is 12.1 Å². The quantitative estimate of drug-likeness (QED) is 0.799. The Labute approximate surface area is 125 Å². The van der Waals surface area contributed by atoms with Crippen LogP contribution in [0.2, 0.25) is 5.02 Å². The second-order valence-electron chi connectivity index (χ2n) is 3.37. The van der Waals surface area contributed by atoms with Crippen LogP contribution < -0.4 is 10.9 Å². The highest BCUT2D eigenvalue weighted by molar-refractivity contribution is 9.10. The lowest BCUT2D eigenvalue weighted by atomic mass is 10.2. The molecule has 1 heterocycles. The van der Waals surface area contributed by atoms with E-state index in [1.165, 1.54) is 0 Å². The molecule has 0 unspecified atom stereocenters. The van der Waals surface area contributed by atoms with Gasteiger partial charge in [-0.15, -0.1) is 0 Å². The van der Waals surface area contributed by atoms with E-state index in [9.17, 15) is 4.79 Å². The predicted octanol–water partition coefficient (Wildman–Crippen LogP) is 4.02. The van der Waals surface area contributed by atoms with Crippen molar-refractivity contribution < 1.29 is 0 Å². The SMILES string of the molecule is [C-]#[N+]c1c(Cl)cc(Nc2s[nH]c(=O)c2C#N)cc1Br. The number of nitrogens with one attached hydrogen (secondary N) is 2. The number of halogens is 2. The largest absolute Gasteiger partial charge is 0.345 e. The zero-order valence-electron chi connectivity index (χ0n) is 9.12. The molecule has 94 valence electrons. The third kappa shape index (κ3) is 2.64. The molecule has 1 aromatic heterocycles. The maximum Gasteiger partial charge on any atom is 0.278 e. The molecule has 2 rings (SSSR count). The molecular formula is C11H4BrClN4OS. The molecule has 2 N–H and O–H groups in total. The highest BCUT2D eigenvalue weighted by atomic mass is 79.9. The summed E-state index contributed by atoms with van der Waals surface area (Å²) in [5.74, 6) is 0. The molecule has 0 spiro atoms. The van der Waals surface area contributed by atoms with Crippen molar-refractivity contribution in [1.82, 2.24) is 4.37 Å². The van der Waals surface area contributed by atoms with Crippen LogP contribution in [0.5, 0.6) is 0 Å². The lowest BCUT2D eigenvalue weighted by Crippen LogP contribution is -2.02. The van der Waals surface area contributed by atoms with Gasteiger partial charge in [0.15, 0.2) is 5.56 Å². The first-order valence-corrected chi connectivity index (χ1v) is 6.80. The summed E-state index contributed by atoms with van der Waals surface area (Å²) in [5, 5.41) is 12.5. The van der Waals surface area contributed by atoms with Gasteiger partial charge < -0.3 is 5.32 Å². The molecule has 0 aliphatic heterocycles. The van der Waals surface area contributed by atoms with Crippen LogP contribution in [0.4, 0.5) is 16.4 Å². The summed E-state index contributed by atoms with van der Waals surface area (Å²) in [4.78, 5) is 14.6. The van der Waals surface area contributed by atoms with E-state index in [0.29, 0.717) is 20.8 Å². The van der Waals surface area contributed by atoms with Gasteiger partial charge in [-0.05, 0) is 23.7 Å². The second kappa shape index (κ2) is 5.45. The first kappa shape index (κ1) is 13.6. The molecule has 0 aliphatic carbocycles. The van der Waals surface area contributed by atoms with E-state index < -0.39 is 5.56 Å². The molecule has 8 heteroatoms. The minimum Gasteiger partial charge on any atom is -0.345 e. The van der Waals surface area contributed by atoms with Gasteiger partial charge in [0.1, 0.15) is 11.1 Å². The summed E-state index contributed by atoms with van der Waals surface area (Å²) in [6, 6.07) is 5.04. The minimum atomic E-state index is -0.432. The Hall–Kier alpha value is -1.80. The molecule has 5 nitrogen and oxygen atoms in total. The van der Waals surface area contributed by atoms with Crippen LogP contribution >= 0.6 is 39.1 Å². The maximum atomic E-state index is 11.3. The van der Waals surface area contributed by atoms with Crippen molar-refractivity contribution in [2.75, 3.05) is 5.32 Å². The Balaban J connectivity index is 2.43. The van der Waals surface area contributed by atoms with Gasteiger partial charge in [0, 0.05) is 10.2 Å². The molecule has 0 saturated carbocycles. The van der Waals surface area contributed by atoms with Crippen LogP contribution in [0, 0.1) is 17.9 Å². The van der Waals surface area contributed by atoms with Gasteiger partial charge in [0.05, 0.1) is 11.6 Å². The lowest BCUT2D eigenvalue weighted by Gasteiger charge is -2.06. The summed E-state index contributed by atoms with van der Waals surface area (Å²) in [6.45, 7) is 6.99. The molecule has 0 fully saturated rings. The molecule has 0 radical (unpaired) electrons. The predicted molar refractivity (Wildman–Crippen MR) is 78.4 cm³/mol. The number of hydrogen-bond donors (Lipinski definition) is 2. The Bertz CT molecular complexity index is 760. The topological polar surface area (TPSA) is 73.0 Å². The standard InChI is InChI=1S/C11H4BrClN4OS/c1-15-9-7(12)2-5(3-8(9)13)16-11-6(4-14)10(18)17-19-11/h2-3,16H,(H,17,18). The fraction of sp³-hybridized carbons (Fsp3) is 0. The number of hydrogen-bond acceptors (Lipinski definition) is 4. The highest BCUT2D eigenvalue weighted by Gasteiger charge is 2.12. The Morgan fingerprint density at radius 2 is 2.32 bits per heavy atom. The van der Waals surface area contributed by atoms with Crippen LogP contribution in [0.15, 0.2) is 21.4 Å². The summed E-state index contributed by atoms with van der Waals surface area (Å²) < 4.78 is 3.01. The third-order valence-corrected chi connectivity index (χ3v) is 3.89. The number of benzene rings is 1. The van der Waals surface area contributed by atoms with E-state index in [1.807, 2.05) is 6.07 Å². The second-order valence-corrected chi connectivity index (χ2v) is 5.45. The molecule has 19 heavy (non-hydrogen) atoms. The van der Waals surface area contributed by atoms with E-state index in [4.69, 9.17) is 23.4 Å². The van der Waals surface area contributed by atoms with E-state index in [-0.39, 0.29) is 10.6 Å². The van der Waals surface area contributed by atoms with Gasteiger partial charge in [0.25, 0.3) is 5.56 Å². The number of rotatable bonds is 2. The monoisotopic (exact) mass is 354 g/mol. The molecule has 0 saturated heterocycles. The summed E-state index contributed by atoms with van der Waals surface area (Å²) in [5.41, 5.74) is 0.482. The van der Waals surface area contributed by atoms with Gasteiger partial charge in [0.2, 0.25) is 5.69 Å². The number of nitriles is 1. The van der Waals surface area contributed by atoms with Crippen molar-refractivity contribution in [3.8, 4) is 6.07 Å². The maximum absolute atomic E-state index is 11.3. The Morgan fingerprint density at radius 3 is 2.89 bits per heavy atom. The van der Waals surface area contributed by atoms with Crippen LogP contribution in [-0.2, 0) is 0 Å². The Morgan fingerprint density at radius 1 is 1.58 bits per heavy atom. The molecule has 1 aromatic carbocycles. The number of aromatic nitrogens is 1. The molecule has 0 atom stereocenters.